The maximum Gasteiger partial charge on any atom is 0.446 e. The molecular weight excluding hydrogens is 381 g/mol. The van der Waals surface area contributed by atoms with E-state index in [4.69, 9.17) is 4.74 Å². The van der Waals surface area contributed by atoms with Crippen molar-refractivity contribution in [3.05, 3.63) is 35.9 Å². The van der Waals surface area contributed by atoms with E-state index in [1.165, 1.54) is 30.3 Å². The molecule has 0 aliphatic carbocycles. The van der Waals surface area contributed by atoms with Crippen molar-refractivity contribution in [3.8, 4) is 0 Å². The van der Waals surface area contributed by atoms with E-state index >= 15 is 0 Å². The number of ether oxygens (including phenoxy) is 1. The number of hydrogen-bond donors (Lipinski definition) is 1. The summed E-state index contributed by atoms with van der Waals surface area (Å²) in [7, 11) is 0. The first kappa shape index (κ1) is 21.1. The van der Waals surface area contributed by atoms with Crippen LogP contribution in [0.3, 0.4) is 0 Å². The lowest BCUT2D eigenvalue weighted by Gasteiger charge is -2.32. The summed E-state index contributed by atoms with van der Waals surface area (Å²) >= 11 is -0.179. The molecule has 0 saturated carbocycles. The van der Waals surface area contributed by atoms with Crippen molar-refractivity contribution >= 4 is 29.8 Å². The third-order valence-electron chi connectivity index (χ3n) is 3.86. The zero-order chi connectivity index (χ0) is 19.9. The van der Waals surface area contributed by atoms with Crippen LogP contribution < -0.4 is 5.32 Å². The first-order valence-corrected chi connectivity index (χ1v) is 9.34. The minimum atomic E-state index is -4.32. The van der Waals surface area contributed by atoms with Crippen LogP contribution in [0.4, 0.5) is 18.0 Å². The Hall–Kier alpha value is -2.16. The molecule has 1 aromatic rings. The van der Waals surface area contributed by atoms with Crippen LogP contribution in [0.5, 0.6) is 0 Å². The van der Waals surface area contributed by atoms with Gasteiger partial charge in [0.15, 0.2) is 0 Å². The number of alkyl halides is 3. The summed E-state index contributed by atoms with van der Waals surface area (Å²) in [5.74, 6) is -0.209. The number of likely N-dealkylation sites (tertiary alicyclic amines) is 1. The minimum Gasteiger partial charge on any atom is -0.450 e. The van der Waals surface area contributed by atoms with Crippen LogP contribution in [0, 0.1) is 0 Å². The topological polar surface area (TPSA) is 58.6 Å². The number of carbonyl (C=O) groups excluding carboxylic acids is 2. The molecule has 27 heavy (non-hydrogen) atoms. The zero-order valence-corrected chi connectivity index (χ0v) is 15.6. The van der Waals surface area contributed by atoms with Crippen LogP contribution in [-0.2, 0) is 9.53 Å². The Bertz CT molecular complexity index is 677. The number of halogens is 3. The fraction of sp³-hybridized carbons (Fsp3) is 0.444. The average molecular weight is 402 g/mol. The van der Waals surface area contributed by atoms with E-state index in [0.29, 0.717) is 18.7 Å². The van der Waals surface area contributed by atoms with Crippen molar-refractivity contribution in [3.63, 3.8) is 0 Å². The molecule has 1 N–H and O–H groups in total. The van der Waals surface area contributed by atoms with Crippen LogP contribution in [0.25, 0.3) is 6.08 Å². The molecule has 0 aromatic heterocycles. The monoisotopic (exact) mass is 402 g/mol. The van der Waals surface area contributed by atoms with E-state index in [-0.39, 0.29) is 35.2 Å². The lowest BCUT2D eigenvalue weighted by molar-refractivity contribution is -0.127. The average Bonchev–Trinajstić information content (AvgIpc) is 2.60. The van der Waals surface area contributed by atoms with Crippen molar-refractivity contribution in [1.82, 2.24) is 10.2 Å². The molecule has 148 valence electrons. The number of alkyl carbamates (subject to hydrolysis) is 1. The molecule has 1 aromatic carbocycles. The smallest absolute Gasteiger partial charge is 0.446 e. The van der Waals surface area contributed by atoms with E-state index in [2.05, 4.69) is 5.32 Å². The number of thioether (sulfide) groups is 1. The molecule has 1 saturated heterocycles. The number of nitrogens with zero attached hydrogens (tertiary/aromatic N) is 1. The second kappa shape index (κ2) is 9.68. The van der Waals surface area contributed by atoms with Gasteiger partial charge in [0.2, 0.25) is 5.91 Å². The number of benzene rings is 1. The van der Waals surface area contributed by atoms with Crippen molar-refractivity contribution in [2.75, 3.05) is 19.7 Å². The molecule has 1 atom stereocenters. The highest BCUT2D eigenvalue weighted by Crippen LogP contribution is 2.36. The maximum atomic E-state index is 12.3. The highest BCUT2D eigenvalue weighted by molar-refractivity contribution is 8.00. The van der Waals surface area contributed by atoms with Gasteiger partial charge in [-0.05, 0) is 55.3 Å². The number of hydrogen-bond acceptors (Lipinski definition) is 4. The molecule has 1 fully saturated rings. The third kappa shape index (κ3) is 7.54. The van der Waals surface area contributed by atoms with Crippen LogP contribution in [0.2, 0.25) is 0 Å². The number of piperidine rings is 1. The summed E-state index contributed by atoms with van der Waals surface area (Å²) in [6.45, 7) is 2.98. The van der Waals surface area contributed by atoms with Gasteiger partial charge in [-0.15, -0.1) is 0 Å². The fourth-order valence-corrected chi connectivity index (χ4v) is 3.23. The first-order chi connectivity index (χ1) is 12.8. The van der Waals surface area contributed by atoms with E-state index in [0.717, 1.165) is 12.8 Å². The van der Waals surface area contributed by atoms with Gasteiger partial charge >= 0.3 is 11.6 Å². The maximum absolute atomic E-state index is 12.3. The number of amides is 2. The first-order valence-electron chi connectivity index (χ1n) is 8.53. The largest absolute Gasteiger partial charge is 0.450 e. The summed E-state index contributed by atoms with van der Waals surface area (Å²) in [5.41, 5.74) is -3.69. The molecule has 0 bridgehead atoms. The normalized spacial score (nSPS) is 17.8. The van der Waals surface area contributed by atoms with Crippen molar-refractivity contribution in [2.24, 2.45) is 0 Å². The lowest BCUT2D eigenvalue weighted by atomic mass is 10.1. The Labute approximate surface area is 159 Å². The molecular formula is C18H21F3N2O3S. The molecule has 1 heterocycles. The van der Waals surface area contributed by atoms with Gasteiger partial charge in [-0.1, -0.05) is 12.1 Å². The third-order valence-corrected chi connectivity index (χ3v) is 4.60. The standard InChI is InChI=1S/C18H21F3N2O3S/c1-2-26-17(25)22-14-4-3-11-23(12-14)16(24)10-7-13-5-8-15(9-6-13)27-18(19,20)21/h5-10,14H,2-4,11-12H2,1H3,(H,22,25)/b10-7+. The molecule has 5 nitrogen and oxygen atoms in total. The van der Waals surface area contributed by atoms with Crippen LogP contribution >= 0.6 is 11.8 Å². The lowest BCUT2D eigenvalue weighted by Crippen LogP contribution is -2.49. The molecule has 9 heteroatoms. The van der Waals surface area contributed by atoms with E-state index < -0.39 is 11.6 Å². The van der Waals surface area contributed by atoms with Gasteiger partial charge in [-0.2, -0.15) is 13.2 Å². The van der Waals surface area contributed by atoms with Gasteiger partial charge in [-0.25, -0.2) is 4.79 Å². The van der Waals surface area contributed by atoms with Crippen molar-refractivity contribution in [1.29, 1.82) is 0 Å². The summed E-state index contributed by atoms with van der Waals surface area (Å²) in [6.07, 6.45) is 3.99. The number of carbonyl (C=O) groups is 2. The second-order valence-electron chi connectivity index (χ2n) is 5.94. The second-order valence-corrected chi connectivity index (χ2v) is 7.08. The quantitative estimate of drug-likeness (QED) is 0.596. The van der Waals surface area contributed by atoms with Gasteiger partial charge in [0.25, 0.3) is 0 Å². The molecule has 2 rings (SSSR count). The highest BCUT2D eigenvalue weighted by atomic mass is 32.2. The van der Waals surface area contributed by atoms with E-state index in [1.807, 2.05) is 0 Å². The molecule has 1 unspecified atom stereocenters. The molecule has 2 amide bonds. The van der Waals surface area contributed by atoms with E-state index in [1.54, 1.807) is 17.9 Å². The Morgan fingerprint density at radius 1 is 1.33 bits per heavy atom. The van der Waals surface area contributed by atoms with E-state index in [9.17, 15) is 22.8 Å². The minimum absolute atomic E-state index is 0.0925. The molecule has 1 aliphatic rings. The van der Waals surface area contributed by atoms with Crippen molar-refractivity contribution < 1.29 is 27.5 Å². The van der Waals surface area contributed by atoms with Crippen LogP contribution in [0.15, 0.2) is 35.2 Å². The van der Waals surface area contributed by atoms with Crippen LogP contribution in [0.1, 0.15) is 25.3 Å². The van der Waals surface area contributed by atoms with Gasteiger partial charge in [0.1, 0.15) is 0 Å². The Morgan fingerprint density at radius 3 is 2.67 bits per heavy atom. The molecule has 0 radical (unpaired) electrons. The number of rotatable bonds is 5. The predicted octanol–water partition coefficient (Wildman–Crippen LogP) is 4.05. The Balaban J connectivity index is 1.89. The molecule has 1 aliphatic heterocycles. The Morgan fingerprint density at radius 2 is 2.04 bits per heavy atom. The number of nitrogens with one attached hydrogen (secondary N) is 1. The Kier molecular flexibility index (Phi) is 7.58. The van der Waals surface area contributed by atoms with Crippen molar-refractivity contribution in [2.45, 2.75) is 36.2 Å². The SMILES string of the molecule is CCOC(=O)NC1CCCN(C(=O)/C=C/c2ccc(SC(F)(F)F)cc2)C1. The summed E-state index contributed by atoms with van der Waals surface area (Å²) in [4.78, 5) is 25.5. The summed E-state index contributed by atoms with van der Waals surface area (Å²) in [6, 6.07) is 5.62. The predicted molar refractivity (Wildman–Crippen MR) is 97.1 cm³/mol. The summed E-state index contributed by atoms with van der Waals surface area (Å²) < 4.78 is 41.8. The summed E-state index contributed by atoms with van der Waals surface area (Å²) in [5, 5.41) is 2.73. The highest BCUT2D eigenvalue weighted by Gasteiger charge is 2.29. The fourth-order valence-electron chi connectivity index (χ4n) is 2.69. The molecule has 0 spiro atoms. The van der Waals surface area contributed by atoms with Gasteiger partial charge in [0.05, 0.1) is 6.61 Å². The van der Waals surface area contributed by atoms with Gasteiger partial charge in [0, 0.05) is 30.1 Å². The van der Waals surface area contributed by atoms with Gasteiger partial charge < -0.3 is 15.0 Å². The zero-order valence-electron chi connectivity index (χ0n) is 14.8. The van der Waals surface area contributed by atoms with Crippen LogP contribution in [-0.4, -0.2) is 48.1 Å². The van der Waals surface area contributed by atoms with Gasteiger partial charge in [-0.3, -0.25) is 4.79 Å².